The smallest absolute Gasteiger partial charge is 0.271 e. The van der Waals surface area contributed by atoms with Gasteiger partial charge in [0, 0.05) is 106 Å². The van der Waals surface area contributed by atoms with Crippen molar-refractivity contribution < 1.29 is 34.1 Å². The summed E-state index contributed by atoms with van der Waals surface area (Å²) in [6.07, 6.45) is 6.86. The van der Waals surface area contributed by atoms with Gasteiger partial charge in [-0.2, -0.15) is 0 Å². The largest absolute Gasteiger partial charge is 0.495 e. The van der Waals surface area contributed by atoms with Crippen molar-refractivity contribution in [3.8, 4) is 5.75 Å². The van der Waals surface area contributed by atoms with Gasteiger partial charge in [-0.1, -0.05) is 19.4 Å². The lowest BCUT2D eigenvalue weighted by Crippen LogP contribution is -2.56. The first-order chi connectivity index (χ1) is 31.6. The number of hydrogen-bond donors (Lipinski definition) is 7. The molecule has 3 atom stereocenters. The van der Waals surface area contributed by atoms with E-state index in [1.807, 2.05) is 25.1 Å². The van der Waals surface area contributed by atoms with E-state index >= 15 is 0 Å². The van der Waals surface area contributed by atoms with E-state index in [1.54, 1.807) is 24.1 Å². The van der Waals surface area contributed by atoms with E-state index in [1.165, 1.54) is 0 Å². The van der Waals surface area contributed by atoms with Crippen LogP contribution < -0.4 is 36.6 Å². The minimum Gasteiger partial charge on any atom is -0.495 e. The number of anilines is 5. The van der Waals surface area contributed by atoms with E-state index < -0.39 is 24.4 Å². The number of aryl methyl sites for hydroxylation is 1. The lowest BCUT2D eigenvalue weighted by molar-refractivity contribution is -0.116. The van der Waals surface area contributed by atoms with Gasteiger partial charge in [0.1, 0.15) is 18.2 Å². The Morgan fingerprint density at radius 2 is 1.72 bits per heavy atom. The first-order valence-corrected chi connectivity index (χ1v) is 23.6. The topological polar surface area (TPSA) is 223 Å². The third kappa shape index (κ3) is 11.1. The number of methoxy groups -OCH3 is 1. The Morgan fingerprint density at radius 1 is 0.938 bits per heavy atom. The first kappa shape index (κ1) is 46.4. The number of piperazine rings is 1. The van der Waals surface area contributed by atoms with E-state index in [0.717, 1.165) is 113 Å². The highest BCUT2D eigenvalue weighted by molar-refractivity contribution is 6.02. The molecule has 3 aromatic rings. The fourth-order valence-corrected chi connectivity index (χ4v) is 10.1. The fraction of sp³-hybridized carbons (Fsp3) is 0.596. The Balaban J connectivity index is 0.751. The number of unbranched alkanes of at least 4 members (excludes halogenated alkanes) is 2. The quantitative estimate of drug-likeness (QED) is 0.0963. The number of nitrogens with one attached hydrogen (secondary N) is 4. The molecule has 3 unspecified atom stereocenters. The van der Waals surface area contributed by atoms with E-state index in [-0.39, 0.29) is 23.6 Å². The number of rotatable bonds is 17. The van der Waals surface area contributed by atoms with Crippen LogP contribution in [-0.4, -0.2) is 149 Å². The van der Waals surface area contributed by atoms with Crippen molar-refractivity contribution in [3.63, 3.8) is 0 Å². The van der Waals surface area contributed by atoms with Crippen LogP contribution in [0, 0.1) is 0 Å². The summed E-state index contributed by atoms with van der Waals surface area (Å²) in [6, 6.07) is 11.7. The van der Waals surface area contributed by atoms with Crippen molar-refractivity contribution in [2.45, 2.75) is 115 Å². The van der Waals surface area contributed by atoms with Crippen LogP contribution in [0.15, 0.2) is 36.4 Å². The molecule has 0 spiro atoms. The van der Waals surface area contributed by atoms with E-state index in [4.69, 9.17) is 20.2 Å². The van der Waals surface area contributed by atoms with Gasteiger partial charge in [0.25, 0.3) is 11.8 Å². The molecular formula is C47H67N11O7. The molecule has 352 valence electrons. The number of nitrogens with two attached hydrogens (primary N) is 1. The van der Waals surface area contributed by atoms with Crippen molar-refractivity contribution in [1.82, 2.24) is 30.0 Å². The standard InChI is InChI=1S/C47H67N11O7/c1-3-35-44(49-30-17-26-65-27-18-30)54-45(42(52-35)43(48)61)50-31-11-12-37(39(28-31)64-2)57-20-15-32(16-21-57)56-24-22-55(23-25-56)19-6-4-5-10-40(59)51-36-9-7-8-33-34(36)29-58(47(33)63)38-13-14-41(60)53-46(38)62/h7-9,11-12,28,30,32,38,41,46,53,60,62H,3-6,10,13-27,29H2,1-2H3,(H2,48,61)(H,51,59)(H2,49,50,54). The second-order valence-corrected chi connectivity index (χ2v) is 18.0. The highest BCUT2D eigenvalue weighted by Gasteiger charge is 2.40. The molecule has 0 radical (unpaired) electrons. The third-order valence-electron chi connectivity index (χ3n) is 13.8. The molecule has 4 saturated heterocycles. The molecule has 65 heavy (non-hydrogen) atoms. The number of primary amides is 1. The SMILES string of the molecule is CCc1nc(C(N)=O)c(Nc2ccc(N3CCC(N4CCN(CCCCCC(=O)Nc5cccc6c5CN(C5CCC(O)NC5O)C6=O)CC4)CC3)c(OC)c2)nc1NC1CCOCC1. The molecule has 1 aromatic heterocycles. The molecule has 4 fully saturated rings. The van der Waals surface area contributed by atoms with Gasteiger partial charge >= 0.3 is 0 Å². The Bertz CT molecular complexity index is 2140. The molecule has 18 nitrogen and oxygen atoms in total. The molecule has 3 amide bonds. The maximum absolute atomic E-state index is 13.2. The van der Waals surface area contributed by atoms with Crippen LogP contribution in [0.2, 0.25) is 0 Å². The summed E-state index contributed by atoms with van der Waals surface area (Å²) in [4.78, 5) is 57.4. The van der Waals surface area contributed by atoms with Crippen LogP contribution in [0.4, 0.5) is 28.7 Å². The molecule has 5 aliphatic heterocycles. The van der Waals surface area contributed by atoms with Gasteiger partial charge in [0.15, 0.2) is 17.3 Å². The monoisotopic (exact) mass is 898 g/mol. The van der Waals surface area contributed by atoms with E-state index in [2.05, 4.69) is 47.0 Å². The zero-order chi connectivity index (χ0) is 45.5. The number of amides is 3. The number of aliphatic hydroxyl groups is 2. The fourth-order valence-electron chi connectivity index (χ4n) is 10.1. The molecule has 0 aliphatic carbocycles. The summed E-state index contributed by atoms with van der Waals surface area (Å²) in [5, 5.41) is 32.9. The minimum atomic E-state index is -1.01. The zero-order valence-electron chi connectivity index (χ0n) is 37.9. The number of aromatic nitrogens is 2. The van der Waals surface area contributed by atoms with Crippen LogP contribution in [0.1, 0.15) is 103 Å². The van der Waals surface area contributed by atoms with Crippen molar-refractivity contribution in [2.24, 2.45) is 5.73 Å². The normalized spacial score (nSPS) is 22.5. The number of benzene rings is 2. The number of aliphatic hydroxyl groups excluding tert-OH is 2. The molecule has 8 N–H and O–H groups in total. The molecule has 18 heteroatoms. The van der Waals surface area contributed by atoms with Crippen molar-refractivity contribution in [3.05, 3.63) is 58.9 Å². The maximum atomic E-state index is 13.2. The number of ether oxygens (including phenoxy) is 2. The van der Waals surface area contributed by atoms with Gasteiger partial charge in [0.05, 0.1) is 24.5 Å². The highest BCUT2D eigenvalue weighted by atomic mass is 16.5. The average molecular weight is 898 g/mol. The Labute approximate surface area is 381 Å². The number of carbonyl (C=O) groups excluding carboxylic acids is 3. The summed E-state index contributed by atoms with van der Waals surface area (Å²) >= 11 is 0. The second-order valence-electron chi connectivity index (χ2n) is 18.0. The van der Waals surface area contributed by atoms with Gasteiger partial charge in [-0.15, -0.1) is 0 Å². The van der Waals surface area contributed by atoms with Crippen molar-refractivity contribution >= 4 is 46.4 Å². The Morgan fingerprint density at radius 3 is 2.45 bits per heavy atom. The van der Waals surface area contributed by atoms with Crippen LogP contribution in [-0.2, 0) is 22.5 Å². The number of nitrogens with zero attached hydrogens (tertiary/aromatic N) is 6. The van der Waals surface area contributed by atoms with Crippen LogP contribution in [0.3, 0.4) is 0 Å². The summed E-state index contributed by atoms with van der Waals surface area (Å²) in [5.74, 6) is 0.829. The first-order valence-electron chi connectivity index (χ1n) is 23.6. The van der Waals surface area contributed by atoms with Gasteiger partial charge < -0.3 is 56.1 Å². The van der Waals surface area contributed by atoms with Crippen molar-refractivity contribution in [2.75, 3.05) is 87.0 Å². The lowest BCUT2D eigenvalue weighted by atomic mass is 10.0. The van der Waals surface area contributed by atoms with Crippen molar-refractivity contribution in [1.29, 1.82) is 0 Å². The van der Waals surface area contributed by atoms with E-state index in [0.29, 0.717) is 80.1 Å². The summed E-state index contributed by atoms with van der Waals surface area (Å²) in [6.45, 7) is 10.8. The third-order valence-corrected chi connectivity index (χ3v) is 13.8. The summed E-state index contributed by atoms with van der Waals surface area (Å²) in [7, 11) is 1.68. The maximum Gasteiger partial charge on any atom is 0.271 e. The van der Waals surface area contributed by atoms with Gasteiger partial charge in [-0.05, 0) is 88.6 Å². The number of piperidine rings is 2. The zero-order valence-corrected chi connectivity index (χ0v) is 37.9. The lowest BCUT2D eigenvalue weighted by Gasteiger charge is -2.43. The molecular weight excluding hydrogens is 831 g/mol. The molecule has 8 rings (SSSR count). The van der Waals surface area contributed by atoms with E-state index in [9.17, 15) is 24.6 Å². The molecule has 2 aromatic carbocycles. The van der Waals surface area contributed by atoms with Crippen LogP contribution >= 0.6 is 0 Å². The summed E-state index contributed by atoms with van der Waals surface area (Å²) < 4.78 is 11.4. The summed E-state index contributed by atoms with van der Waals surface area (Å²) in [5.41, 5.74) is 10.3. The Kier molecular flexibility index (Phi) is 15.3. The molecule has 6 heterocycles. The molecule has 0 saturated carbocycles. The van der Waals surface area contributed by atoms with Gasteiger partial charge in [-0.25, -0.2) is 9.97 Å². The van der Waals surface area contributed by atoms with Gasteiger partial charge in [-0.3, -0.25) is 24.6 Å². The number of carbonyl (C=O) groups is 3. The van der Waals surface area contributed by atoms with Gasteiger partial charge in [0.2, 0.25) is 5.91 Å². The van der Waals surface area contributed by atoms with Crippen LogP contribution in [0.5, 0.6) is 5.75 Å². The Hall–Kier alpha value is -5.11. The molecule has 5 aliphatic rings. The average Bonchev–Trinajstić information content (AvgIpc) is 3.65. The minimum absolute atomic E-state index is 0.0593. The highest BCUT2D eigenvalue weighted by Crippen LogP contribution is 2.36. The number of fused-ring (bicyclic) bond motifs is 1. The predicted molar refractivity (Wildman–Crippen MR) is 249 cm³/mol. The second kappa shape index (κ2) is 21.5. The molecule has 0 bridgehead atoms. The van der Waals surface area contributed by atoms with Crippen LogP contribution in [0.25, 0.3) is 0 Å². The predicted octanol–water partition coefficient (Wildman–Crippen LogP) is 3.61. The number of hydrogen-bond acceptors (Lipinski definition) is 15.